The van der Waals surface area contributed by atoms with Crippen molar-refractivity contribution < 1.29 is 37.3 Å². The number of unbranched alkanes of at least 4 members (excludes halogenated alkanes) is 1. The van der Waals surface area contributed by atoms with E-state index in [1.54, 1.807) is 23.9 Å². The third kappa shape index (κ3) is 10.9. The molecule has 15 heteroatoms. The first-order valence-electron chi connectivity index (χ1n) is 20.0. The smallest absolute Gasteiger partial charge is 0.321 e. The van der Waals surface area contributed by atoms with Crippen LogP contribution in [-0.2, 0) is 27.2 Å². The number of halogens is 3. The molecule has 59 heavy (non-hydrogen) atoms. The third-order valence-corrected chi connectivity index (χ3v) is 10.3. The summed E-state index contributed by atoms with van der Waals surface area (Å²) >= 11 is 6.66. The third-order valence-electron chi connectivity index (χ3n) is 9.94. The number of nitrogens with one attached hydrogen (secondary N) is 1. The molecule has 2 amide bonds. The molecular weight excluding hydrogens is 782 g/mol. The molecule has 1 aliphatic heterocycles. The zero-order chi connectivity index (χ0) is 42.4. The van der Waals surface area contributed by atoms with Crippen molar-refractivity contribution in [2.45, 2.75) is 78.4 Å². The highest BCUT2D eigenvalue weighted by Gasteiger charge is 2.44. The molecule has 3 heterocycles. The van der Waals surface area contributed by atoms with Crippen LogP contribution in [0.3, 0.4) is 0 Å². The number of aromatic nitrogens is 4. The Kier molecular flexibility index (Phi) is 16.5. The SMILES string of the molecule is C/C=C\C(=C/CC)C1(CCCC)Cc2c(cc(F)c(Cl)c2-c2c(C)cnc(OCCOCCOCCn3cc(-c4cccc(N(CCC=O)C(=O)NC)c4)nn3)c2F)O1. The summed E-state index contributed by atoms with van der Waals surface area (Å²) in [5, 5.41) is 10.9. The Balaban J connectivity index is 1.14. The van der Waals surface area contributed by atoms with E-state index in [0.29, 0.717) is 60.9 Å². The molecule has 2 aromatic heterocycles. The van der Waals surface area contributed by atoms with E-state index < -0.39 is 17.2 Å². The highest BCUT2D eigenvalue weighted by molar-refractivity contribution is 6.34. The van der Waals surface area contributed by atoms with Crippen LogP contribution in [-0.4, -0.2) is 84.5 Å². The summed E-state index contributed by atoms with van der Waals surface area (Å²) in [7, 11) is 1.54. The van der Waals surface area contributed by atoms with Crippen LogP contribution >= 0.6 is 11.6 Å². The van der Waals surface area contributed by atoms with Crippen molar-refractivity contribution in [1.82, 2.24) is 25.3 Å². The Hall–Kier alpha value is -5.18. The van der Waals surface area contributed by atoms with Gasteiger partial charge < -0.3 is 29.1 Å². The van der Waals surface area contributed by atoms with E-state index in [0.717, 1.165) is 36.7 Å². The zero-order valence-electron chi connectivity index (χ0n) is 34.4. The molecule has 12 nitrogen and oxygen atoms in total. The van der Waals surface area contributed by atoms with Gasteiger partial charge in [-0.3, -0.25) is 4.90 Å². The van der Waals surface area contributed by atoms with Crippen LogP contribution < -0.4 is 19.7 Å². The van der Waals surface area contributed by atoms with Crippen LogP contribution in [0.5, 0.6) is 11.6 Å². The minimum absolute atomic E-state index is 0.0140. The van der Waals surface area contributed by atoms with Crippen molar-refractivity contribution in [1.29, 1.82) is 0 Å². The summed E-state index contributed by atoms with van der Waals surface area (Å²) < 4.78 is 57.2. The minimum atomic E-state index is -0.740. The second-order valence-electron chi connectivity index (χ2n) is 14.1. The van der Waals surface area contributed by atoms with E-state index in [-0.39, 0.29) is 60.8 Å². The van der Waals surface area contributed by atoms with E-state index in [1.807, 2.05) is 37.3 Å². The number of anilines is 1. The van der Waals surface area contributed by atoms with Gasteiger partial charge in [0.1, 0.15) is 35.8 Å². The first-order chi connectivity index (χ1) is 28.6. The lowest BCUT2D eigenvalue weighted by Crippen LogP contribution is -2.39. The number of hydrogen-bond acceptors (Lipinski definition) is 9. The fraction of sp³-hybridized carbons (Fsp3) is 0.432. The van der Waals surface area contributed by atoms with Crippen molar-refractivity contribution in [3.63, 3.8) is 0 Å². The van der Waals surface area contributed by atoms with Crippen LogP contribution in [0.2, 0.25) is 5.02 Å². The van der Waals surface area contributed by atoms with Crippen LogP contribution in [0.25, 0.3) is 22.4 Å². The number of carbonyl (C=O) groups is 2. The highest BCUT2D eigenvalue weighted by atomic mass is 35.5. The Bertz CT molecular complexity index is 2130. The number of ether oxygens (including phenoxy) is 4. The summed E-state index contributed by atoms with van der Waals surface area (Å²) in [5.74, 6) is -1.32. The van der Waals surface area contributed by atoms with E-state index in [2.05, 4.69) is 40.5 Å². The average Bonchev–Trinajstić information content (AvgIpc) is 3.87. The van der Waals surface area contributed by atoms with Crippen molar-refractivity contribution in [3.8, 4) is 34.0 Å². The topological polar surface area (TPSA) is 130 Å². The predicted molar refractivity (Wildman–Crippen MR) is 224 cm³/mol. The molecule has 0 spiro atoms. The van der Waals surface area contributed by atoms with Gasteiger partial charge in [-0.15, -0.1) is 5.10 Å². The number of urea groups is 1. The highest BCUT2D eigenvalue weighted by Crippen LogP contribution is 2.51. The van der Waals surface area contributed by atoms with Gasteiger partial charge in [0, 0.05) is 66.6 Å². The van der Waals surface area contributed by atoms with Gasteiger partial charge >= 0.3 is 6.03 Å². The Morgan fingerprint density at radius 2 is 1.90 bits per heavy atom. The summed E-state index contributed by atoms with van der Waals surface area (Å²) in [6, 6.07) is 8.28. The van der Waals surface area contributed by atoms with Gasteiger partial charge in [-0.05, 0) is 56.4 Å². The molecule has 0 fully saturated rings. The van der Waals surface area contributed by atoms with E-state index in [4.69, 9.17) is 30.5 Å². The van der Waals surface area contributed by atoms with Crippen LogP contribution in [0, 0.1) is 18.6 Å². The number of pyridine rings is 1. The lowest BCUT2D eigenvalue weighted by Gasteiger charge is -2.31. The standard InChI is InChI=1S/C44H53ClF2N6O6/c1-6-9-16-44(32(12-7-2)13-8-3)27-34-37(59-44)26-35(46)40(45)39(34)38-30(4)28-49-42(41(38)47)58-24-23-57-22-21-56-20-18-52-29-36(50-51-52)31-14-10-15-33(25-31)53(17-11-19-54)43(55)48-5/h7,10,12-15,19,25-26,28-29H,6,8-9,11,16-18,20-24,27H2,1-5H3,(H,48,55)/b12-7-,32-13+. The quantitative estimate of drug-likeness (QED) is 0.0469. The molecule has 5 rings (SSSR count). The number of benzene rings is 2. The van der Waals surface area contributed by atoms with Gasteiger partial charge in [0.25, 0.3) is 5.88 Å². The molecule has 316 valence electrons. The molecule has 1 aliphatic rings. The molecule has 0 bridgehead atoms. The lowest BCUT2D eigenvalue weighted by molar-refractivity contribution is -0.107. The molecule has 0 radical (unpaired) electrons. The second kappa shape index (κ2) is 21.7. The first-order valence-corrected chi connectivity index (χ1v) is 20.4. The zero-order valence-corrected chi connectivity index (χ0v) is 35.1. The summed E-state index contributed by atoms with van der Waals surface area (Å²) in [6.45, 7) is 9.60. The van der Waals surface area contributed by atoms with Gasteiger partial charge in [-0.25, -0.2) is 23.2 Å². The van der Waals surface area contributed by atoms with Crippen molar-refractivity contribution in [2.24, 2.45) is 0 Å². The number of aryl methyl sites for hydroxylation is 1. The Morgan fingerprint density at radius 1 is 1.12 bits per heavy atom. The number of aldehydes is 1. The van der Waals surface area contributed by atoms with Crippen molar-refractivity contribution in [3.05, 3.63) is 94.3 Å². The summed E-state index contributed by atoms with van der Waals surface area (Å²) in [5.41, 5.74) is 3.78. The number of fused-ring (bicyclic) bond motifs is 1. The molecule has 4 aromatic rings. The minimum Gasteiger partial charge on any atom is -0.482 e. The molecule has 0 aliphatic carbocycles. The van der Waals surface area contributed by atoms with Crippen LogP contribution in [0.15, 0.2) is 66.5 Å². The van der Waals surface area contributed by atoms with E-state index in [1.165, 1.54) is 24.2 Å². The fourth-order valence-electron chi connectivity index (χ4n) is 7.09. The molecule has 0 saturated heterocycles. The number of rotatable bonds is 22. The van der Waals surface area contributed by atoms with Gasteiger partial charge in [-0.1, -0.05) is 67.4 Å². The molecule has 0 saturated carbocycles. The van der Waals surface area contributed by atoms with Crippen molar-refractivity contribution in [2.75, 3.05) is 51.5 Å². The van der Waals surface area contributed by atoms with Gasteiger partial charge in [0.05, 0.1) is 44.2 Å². The molecule has 1 atom stereocenters. The summed E-state index contributed by atoms with van der Waals surface area (Å²) in [6.07, 6.45) is 14.1. The Morgan fingerprint density at radius 3 is 2.63 bits per heavy atom. The maximum atomic E-state index is 16.3. The first kappa shape index (κ1) is 44.9. The number of carbonyl (C=O) groups excluding carboxylic acids is 2. The molecule has 1 N–H and O–H groups in total. The fourth-order valence-corrected chi connectivity index (χ4v) is 7.35. The average molecular weight is 835 g/mol. The molecule has 2 aromatic carbocycles. The monoisotopic (exact) mass is 834 g/mol. The van der Waals surface area contributed by atoms with E-state index in [9.17, 15) is 9.59 Å². The lowest BCUT2D eigenvalue weighted by atomic mass is 9.81. The predicted octanol–water partition coefficient (Wildman–Crippen LogP) is 8.87. The maximum absolute atomic E-state index is 16.3. The van der Waals surface area contributed by atoms with Crippen LogP contribution in [0.1, 0.15) is 64.0 Å². The number of allylic oxidation sites excluding steroid dienone is 2. The Labute approximate surface area is 349 Å². The number of amides is 2. The second-order valence-corrected chi connectivity index (χ2v) is 14.4. The van der Waals surface area contributed by atoms with Gasteiger partial charge in [0.15, 0.2) is 5.82 Å². The molecule has 1 unspecified atom stereocenters. The maximum Gasteiger partial charge on any atom is 0.321 e. The largest absolute Gasteiger partial charge is 0.482 e. The normalized spacial score (nSPS) is 15.0. The van der Waals surface area contributed by atoms with E-state index >= 15 is 8.78 Å². The number of hydrogen-bond donors (Lipinski definition) is 1. The number of nitrogens with zero attached hydrogens (tertiary/aromatic N) is 5. The molecular formula is C44H53ClF2N6O6. The summed E-state index contributed by atoms with van der Waals surface area (Å²) in [4.78, 5) is 29.0. The van der Waals surface area contributed by atoms with Crippen molar-refractivity contribution >= 4 is 29.6 Å². The van der Waals surface area contributed by atoms with Gasteiger partial charge in [0.2, 0.25) is 0 Å². The van der Waals surface area contributed by atoms with Gasteiger partial charge in [-0.2, -0.15) is 0 Å². The van der Waals surface area contributed by atoms with Crippen LogP contribution in [0.4, 0.5) is 19.3 Å².